The molecular weight excluding hydrogens is 655 g/mol. The summed E-state index contributed by atoms with van der Waals surface area (Å²) in [4.78, 5) is 46.3. The van der Waals surface area contributed by atoms with Crippen molar-refractivity contribution in [1.29, 1.82) is 0 Å². The van der Waals surface area contributed by atoms with Crippen LogP contribution in [0.5, 0.6) is 0 Å². The number of aromatic nitrogens is 3. The molecule has 5 atom stereocenters. The Bertz CT molecular complexity index is 1670. The number of rotatable bonds is 8. The van der Waals surface area contributed by atoms with Crippen molar-refractivity contribution in [3.05, 3.63) is 95.9 Å². The van der Waals surface area contributed by atoms with Crippen LogP contribution in [0.25, 0.3) is 6.08 Å². The third-order valence-corrected chi connectivity index (χ3v) is 9.29. The molecular formula is C38H47FN6O6. The zero-order valence-electron chi connectivity index (χ0n) is 29.4. The number of cyclic esters (lactones) is 1. The molecule has 5 rings (SSSR count). The number of esters is 1. The Hall–Kier alpha value is -5.04. The maximum Gasteiger partial charge on any atom is 0.408 e. The van der Waals surface area contributed by atoms with E-state index in [1.54, 1.807) is 58.6 Å². The molecule has 51 heavy (non-hydrogen) atoms. The van der Waals surface area contributed by atoms with Crippen molar-refractivity contribution < 1.29 is 33.4 Å². The van der Waals surface area contributed by atoms with Crippen LogP contribution in [-0.4, -0.2) is 87.2 Å². The molecule has 0 unspecified atom stereocenters. The van der Waals surface area contributed by atoms with Gasteiger partial charge in [0.2, 0.25) is 5.91 Å². The summed E-state index contributed by atoms with van der Waals surface area (Å²) in [7, 11) is 0. The van der Waals surface area contributed by atoms with E-state index in [9.17, 15) is 19.5 Å². The lowest BCUT2D eigenvalue weighted by Gasteiger charge is -2.36. The monoisotopic (exact) mass is 702 g/mol. The largest absolute Gasteiger partial charge is 0.457 e. The SMILES string of the molecule is C/C(=C\c1cc(F)cc(N2CCN(C(=O)Cn3cccn3)CC2)c1)[C@H]1OC(=O)C[C@H](O)CC[C@H](C)[C@@H](OC(=O)NCc2ccncc2)/C=C\[C@@H]1C. The summed E-state index contributed by atoms with van der Waals surface area (Å²) >= 11 is 0. The molecule has 2 aliphatic heterocycles. The van der Waals surface area contributed by atoms with Gasteiger partial charge in [-0.2, -0.15) is 5.10 Å². The third-order valence-electron chi connectivity index (χ3n) is 9.29. The van der Waals surface area contributed by atoms with E-state index < -0.39 is 36.2 Å². The molecule has 2 amide bonds. The number of ether oxygens (including phenoxy) is 2. The zero-order chi connectivity index (χ0) is 36.3. The Morgan fingerprint density at radius 2 is 1.84 bits per heavy atom. The van der Waals surface area contributed by atoms with Crippen LogP contribution in [0.1, 0.15) is 51.2 Å². The van der Waals surface area contributed by atoms with Gasteiger partial charge in [-0.25, -0.2) is 9.18 Å². The molecule has 1 saturated heterocycles. The second-order valence-corrected chi connectivity index (χ2v) is 13.3. The number of aliphatic hydroxyl groups is 1. The first-order chi connectivity index (χ1) is 24.5. The maximum atomic E-state index is 15.0. The van der Waals surface area contributed by atoms with E-state index in [1.165, 1.54) is 12.1 Å². The van der Waals surface area contributed by atoms with Gasteiger partial charge in [0.25, 0.3) is 0 Å². The number of hydrogen-bond acceptors (Lipinski definition) is 9. The van der Waals surface area contributed by atoms with Gasteiger partial charge in [-0.05, 0) is 84.9 Å². The van der Waals surface area contributed by atoms with E-state index in [1.807, 2.05) is 43.9 Å². The summed E-state index contributed by atoms with van der Waals surface area (Å²) in [6.07, 6.45) is 10.0. The average Bonchev–Trinajstić information content (AvgIpc) is 3.63. The fraction of sp³-hybridized carbons (Fsp3) is 0.447. The molecule has 2 N–H and O–H groups in total. The van der Waals surface area contributed by atoms with Gasteiger partial charge in [0.1, 0.15) is 24.6 Å². The van der Waals surface area contributed by atoms with Crippen LogP contribution >= 0.6 is 0 Å². The lowest BCUT2D eigenvalue weighted by atomic mass is 9.91. The van der Waals surface area contributed by atoms with Crippen LogP contribution in [-0.2, 0) is 32.2 Å². The van der Waals surface area contributed by atoms with Crippen LogP contribution in [0.15, 0.2) is 78.9 Å². The number of halogens is 1. The molecule has 0 spiro atoms. The van der Waals surface area contributed by atoms with Crippen molar-refractivity contribution in [1.82, 2.24) is 25.0 Å². The molecule has 1 fully saturated rings. The quantitative estimate of drug-likeness (QED) is 0.252. The second kappa shape index (κ2) is 17.8. The second-order valence-electron chi connectivity index (χ2n) is 13.3. The number of aliphatic hydroxyl groups excluding tert-OH is 1. The van der Waals surface area contributed by atoms with Crippen molar-refractivity contribution in [2.24, 2.45) is 11.8 Å². The normalized spacial score (nSPS) is 24.1. The molecule has 0 bridgehead atoms. The number of carbonyl (C=O) groups excluding carboxylic acids is 3. The molecule has 3 aromatic rings. The van der Waals surface area contributed by atoms with Crippen LogP contribution < -0.4 is 10.2 Å². The average molecular weight is 703 g/mol. The van der Waals surface area contributed by atoms with Crippen molar-refractivity contribution in [3.8, 4) is 0 Å². The highest BCUT2D eigenvalue weighted by Gasteiger charge is 2.28. The van der Waals surface area contributed by atoms with E-state index >= 15 is 4.39 Å². The van der Waals surface area contributed by atoms with Gasteiger partial charge < -0.3 is 29.7 Å². The van der Waals surface area contributed by atoms with Crippen molar-refractivity contribution in [2.45, 2.75) is 71.4 Å². The predicted octanol–water partition coefficient (Wildman–Crippen LogP) is 4.75. The van der Waals surface area contributed by atoms with Gasteiger partial charge in [0.15, 0.2) is 0 Å². The number of piperazine rings is 1. The van der Waals surface area contributed by atoms with Gasteiger partial charge in [-0.3, -0.25) is 19.3 Å². The molecule has 4 heterocycles. The van der Waals surface area contributed by atoms with E-state index in [2.05, 4.69) is 15.4 Å². The Morgan fingerprint density at radius 3 is 2.57 bits per heavy atom. The summed E-state index contributed by atoms with van der Waals surface area (Å²) in [6.45, 7) is 8.22. The molecule has 0 radical (unpaired) electrons. The number of hydrogen-bond donors (Lipinski definition) is 2. The molecule has 2 aromatic heterocycles. The Balaban J connectivity index is 1.28. The van der Waals surface area contributed by atoms with E-state index in [-0.39, 0.29) is 37.3 Å². The number of alkyl carbamates (subject to hydrolysis) is 1. The summed E-state index contributed by atoms with van der Waals surface area (Å²) < 4.78 is 28.4. The maximum absolute atomic E-state index is 15.0. The van der Waals surface area contributed by atoms with Gasteiger partial charge in [0, 0.05) is 69.1 Å². The van der Waals surface area contributed by atoms with Crippen LogP contribution in [0.3, 0.4) is 0 Å². The molecule has 0 aliphatic carbocycles. The van der Waals surface area contributed by atoms with Gasteiger partial charge in [-0.15, -0.1) is 0 Å². The molecule has 2 aliphatic rings. The molecule has 13 heteroatoms. The highest BCUT2D eigenvalue weighted by Crippen LogP contribution is 2.27. The first-order valence-electron chi connectivity index (χ1n) is 17.4. The van der Waals surface area contributed by atoms with E-state index in [0.29, 0.717) is 55.8 Å². The summed E-state index contributed by atoms with van der Waals surface area (Å²) in [5.74, 6) is -1.44. The number of carbonyl (C=O) groups is 3. The minimum atomic E-state index is -0.920. The number of benzene rings is 1. The van der Waals surface area contributed by atoms with Crippen molar-refractivity contribution in [2.75, 3.05) is 31.1 Å². The number of pyridine rings is 1. The Kier molecular flexibility index (Phi) is 13.0. The van der Waals surface area contributed by atoms with E-state index in [0.717, 1.165) is 5.56 Å². The van der Waals surface area contributed by atoms with Crippen molar-refractivity contribution in [3.63, 3.8) is 0 Å². The lowest BCUT2D eigenvalue weighted by molar-refractivity contribution is -0.151. The van der Waals surface area contributed by atoms with Gasteiger partial charge in [0.05, 0.1) is 12.5 Å². The fourth-order valence-electron chi connectivity index (χ4n) is 6.34. The number of anilines is 1. The zero-order valence-corrected chi connectivity index (χ0v) is 29.4. The first kappa shape index (κ1) is 37.2. The number of nitrogens with one attached hydrogen (secondary N) is 1. The standard InChI is InChI=1S/C38H47FN6O6/c1-26-5-7-33(46)23-36(48)51-37(27(2)6-8-34(26)50-38(49)41-24-29-9-12-40-13-10-29)28(3)19-30-20-31(39)22-32(21-30)43-15-17-44(18-16-43)35(47)25-45-14-4-11-42-45/h4,6,8-14,19-22,26-27,33-34,37,46H,5,7,15-18,23-25H2,1-3H3,(H,41,49)/b8-6-,28-19+/t26-,27-,33+,34-,37-/m0/s1. The minimum absolute atomic E-state index is 0.0178. The molecule has 272 valence electrons. The lowest BCUT2D eigenvalue weighted by Crippen LogP contribution is -2.49. The van der Waals surface area contributed by atoms with Crippen LogP contribution in [0.4, 0.5) is 14.9 Å². The van der Waals surface area contributed by atoms with Crippen LogP contribution in [0.2, 0.25) is 0 Å². The smallest absolute Gasteiger partial charge is 0.408 e. The third kappa shape index (κ3) is 11.0. The number of nitrogens with zero attached hydrogens (tertiary/aromatic N) is 5. The summed E-state index contributed by atoms with van der Waals surface area (Å²) in [5, 5.41) is 17.5. The summed E-state index contributed by atoms with van der Waals surface area (Å²) in [6, 6.07) is 10.2. The molecule has 0 saturated carbocycles. The Morgan fingerprint density at radius 1 is 1.08 bits per heavy atom. The highest BCUT2D eigenvalue weighted by atomic mass is 19.1. The first-order valence-corrected chi connectivity index (χ1v) is 17.4. The predicted molar refractivity (Wildman–Crippen MR) is 190 cm³/mol. The molecule has 1 aromatic carbocycles. The summed E-state index contributed by atoms with van der Waals surface area (Å²) in [5.41, 5.74) is 2.85. The van der Waals surface area contributed by atoms with Crippen LogP contribution in [0, 0.1) is 17.7 Å². The minimum Gasteiger partial charge on any atom is -0.457 e. The highest BCUT2D eigenvalue weighted by molar-refractivity contribution is 5.76. The Labute approximate surface area is 297 Å². The topological polar surface area (TPSA) is 139 Å². The van der Waals surface area contributed by atoms with E-state index in [4.69, 9.17) is 9.47 Å². The van der Waals surface area contributed by atoms with Gasteiger partial charge >= 0.3 is 12.1 Å². The van der Waals surface area contributed by atoms with Gasteiger partial charge in [-0.1, -0.05) is 26.0 Å². The number of amides is 2. The molecule has 12 nitrogen and oxygen atoms in total. The fourth-order valence-corrected chi connectivity index (χ4v) is 6.34. The van der Waals surface area contributed by atoms with Crippen molar-refractivity contribution >= 4 is 29.7 Å².